The molecule has 0 amide bonds. The minimum atomic E-state index is 0.162. The van der Waals surface area contributed by atoms with Crippen LogP contribution in [0.4, 0.5) is 0 Å². The predicted octanol–water partition coefficient (Wildman–Crippen LogP) is 1.18. The Kier molecular flexibility index (Phi) is 2.39. The Labute approximate surface area is 75.6 Å². The van der Waals surface area contributed by atoms with Gasteiger partial charge in [-0.25, -0.2) is 4.98 Å². The van der Waals surface area contributed by atoms with Crippen LogP contribution < -0.4 is 5.73 Å². The van der Waals surface area contributed by atoms with Crippen LogP contribution in [0.15, 0.2) is 11.6 Å². The molecule has 0 saturated carbocycles. The first-order chi connectivity index (χ1) is 5.92. The maximum atomic E-state index is 5.63. The number of rotatable bonds is 2. The van der Waals surface area contributed by atoms with Crippen molar-refractivity contribution in [3.8, 4) is 0 Å². The first kappa shape index (κ1) is 8.16. The molecule has 0 radical (unpaired) electrons. The molecule has 2 unspecified atom stereocenters. The average Bonchev–Trinajstić information content (AvgIpc) is 2.74. The van der Waals surface area contributed by atoms with Crippen molar-refractivity contribution in [1.29, 1.82) is 0 Å². The molecule has 1 aromatic rings. The van der Waals surface area contributed by atoms with Crippen molar-refractivity contribution in [3.63, 3.8) is 0 Å². The Morgan fingerprint density at radius 1 is 1.75 bits per heavy atom. The van der Waals surface area contributed by atoms with Gasteiger partial charge in [-0.1, -0.05) is 0 Å². The molecule has 2 N–H and O–H groups in total. The van der Waals surface area contributed by atoms with Crippen LogP contribution in [0, 0.1) is 5.92 Å². The second-order valence-corrected chi connectivity index (χ2v) is 3.87. The lowest BCUT2D eigenvalue weighted by Crippen LogP contribution is -2.17. The Balaban J connectivity index is 2.13. The van der Waals surface area contributed by atoms with E-state index in [1.165, 1.54) is 0 Å². The van der Waals surface area contributed by atoms with E-state index >= 15 is 0 Å². The van der Waals surface area contributed by atoms with Crippen LogP contribution in [0.3, 0.4) is 0 Å². The van der Waals surface area contributed by atoms with Gasteiger partial charge in [-0.05, 0) is 13.0 Å². The summed E-state index contributed by atoms with van der Waals surface area (Å²) in [5, 5.41) is 3.05. The SMILES string of the molecule is NCC1CCOC1c1nccs1. The summed E-state index contributed by atoms with van der Waals surface area (Å²) >= 11 is 1.65. The highest BCUT2D eigenvalue weighted by atomic mass is 32.1. The van der Waals surface area contributed by atoms with E-state index < -0.39 is 0 Å². The fraction of sp³-hybridized carbons (Fsp3) is 0.625. The summed E-state index contributed by atoms with van der Waals surface area (Å²) in [6, 6.07) is 0. The number of nitrogens with zero attached hydrogens (tertiary/aromatic N) is 1. The maximum Gasteiger partial charge on any atom is 0.122 e. The minimum absolute atomic E-state index is 0.162. The molecule has 2 heterocycles. The molecule has 0 aromatic carbocycles. The van der Waals surface area contributed by atoms with E-state index in [1.807, 2.05) is 11.6 Å². The number of hydrogen-bond donors (Lipinski definition) is 1. The lowest BCUT2D eigenvalue weighted by Gasteiger charge is -2.13. The number of nitrogens with two attached hydrogens (primary N) is 1. The Bertz CT molecular complexity index is 237. The quantitative estimate of drug-likeness (QED) is 0.750. The lowest BCUT2D eigenvalue weighted by molar-refractivity contribution is 0.0922. The highest BCUT2D eigenvalue weighted by molar-refractivity contribution is 7.09. The number of thiazole rings is 1. The summed E-state index contributed by atoms with van der Waals surface area (Å²) in [6.45, 7) is 1.52. The Morgan fingerprint density at radius 2 is 2.67 bits per heavy atom. The second kappa shape index (κ2) is 3.51. The molecule has 66 valence electrons. The zero-order valence-corrected chi connectivity index (χ0v) is 7.59. The van der Waals surface area contributed by atoms with Gasteiger partial charge in [-0.3, -0.25) is 0 Å². The van der Waals surface area contributed by atoms with Gasteiger partial charge in [0.2, 0.25) is 0 Å². The number of hydrogen-bond acceptors (Lipinski definition) is 4. The molecule has 1 aliphatic heterocycles. The Morgan fingerprint density at radius 3 is 3.33 bits per heavy atom. The molecule has 1 aliphatic rings. The highest BCUT2D eigenvalue weighted by Gasteiger charge is 2.29. The van der Waals surface area contributed by atoms with E-state index in [0.717, 1.165) is 18.0 Å². The molecule has 2 rings (SSSR count). The van der Waals surface area contributed by atoms with Crippen LogP contribution in [-0.4, -0.2) is 18.1 Å². The monoisotopic (exact) mass is 184 g/mol. The van der Waals surface area contributed by atoms with Crippen molar-refractivity contribution in [2.75, 3.05) is 13.2 Å². The smallest absolute Gasteiger partial charge is 0.122 e. The van der Waals surface area contributed by atoms with Gasteiger partial charge >= 0.3 is 0 Å². The molecule has 12 heavy (non-hydrogen) atoms. The van der Waals surface area contributed by atoms with E-state index in [2.05, 4.69) is 4.98 Å². The van der Waals surface area contributed by atoms with E-state index in [1.54, 1.807) is 11.3 Å². The van der Waals surface area contributed by atoms with Gasteiger partial charge in [0.15, 0.2) is 0 Å². The lowest BCUT2D eigenvalue weighted by atomic mass is 10.0. The third kappa shape index (κ3) is 1.37. The Hall–Kier alpha value is -0.450. The number of ether oxygens (including phenoxy) is 1. The van der Waals surface area contributed by atoms with Crippen molar-refractivity contribution in [1.82, 2.24) is 4.98 Å². The van der Waals surface area contributed by atoms with Crippen molar-refractivity contribution in [2.24, 2.45) is 11.7 Å². The topological polar surface area (TPSA) is 48.1 Å². The molecule has 3 nitrogen and oxygen atoms in total. The van der Waals surface area contributed by atoms with Gasteiger partial charge in [0, 0.05) is 24.1 Å². The molecule has 1 saturated heterocycles. The van der Waals surface area contributed by atoms with Crippen LogP contribution in [0.25, 0.3) is 0 Å². The fourth-order valence-corrected chi connectivity index (χ4v) is 2.30. The standard InChI is InChI=1S/C8H12N2OS/c9-5-6-1-3-11-7(6)8-10-2-4-12-8/h2,4,6-7H,1,3,5,9H2. The highest BCUT2D eigenvalue weighted by Crippen LogP contribution is 2.34. The summed E-state index contributed by atoms with van der Waals surface area (Å²) in [4.78, 5) is 4.23. The first-order valence-electron chi connectivity index (χ1n) is 4.13. The van der Waals surface area contributed by atoms with Crippen LogP contribution in [0.1, 0.15) is 17.5 Å². The van der Waals surface area contributed by atoms with Crippen LogP contribution in [0.2, 0.25) is 0 Å². The van der Waals surface area contributed by atoms with Crippen molar-refractivity contribution < 1.29 is 4.74 Å². The number of aromatic nitrogens is 1. The normalized spacial score (nSPS) is 29.4. The van der Waals surface area contributed by atoms with Crippen LogP contribution in [-0.2, 0) is 4.74 Å². The summed E-state index contributed by atoms with van der Waals surface area (Å²) in [5.41, 5.74) is 5.63. The average molecular weight is 184 g/mol. The van der Waals surface area contributed by atoms with Gasteiger partial charge in [0.1, 0.15) is 11.1 Å². The summed E-state index contributed by atoms with van der Waals surface area (Å²) in [5.74, 6) is 0.469. The molecule has 2 atom stereocenters. The second-order valence-electron chi connectivity index (χ2n) is 2.95. The molecule has 0 bridgehead atoms. The molecular weight excluding hydrogens is 172 g/mol. The molecule has 4 heteroatoms. The van der Waals surface area contributed by atoms with Gasteiger partial charge in [-0.2, -0.15) is 0 Å². The van der Waals surface area contributed by atoms with Crippen molar-refractivity contribution in [3.05, 3.63) is 16.6 Å². The van der Waals surface area contributed by atoms with Gasteiger partial charge < -0.3 is 10.5 Å². The van der Waals surface area contributed by atoms with E-state index in [4.69, 9.17) is 10.5 Å². The third-order valence-electron chi connectivity index (χ3n) is 2.21. The third-order valence-corrected chi connectivity index (χ3v) is 3.05. The summed E-state index contributed by atoms with van der Waals surface area (Å²) in [6.07, 6.45) is 3.05. The summed E-state index contributed by atoms with van der Waals surface area (Å²) < 4.78 is 5.57. The largest absolute Gasteiger partial charge is 0.371 e. The van der Waals surface area contributed by atoms with Crippen molar-refractivity contribution in [2.45, 2.75) is 12.5 Å². The van der Waals surface area contributed by atoms with Crippen LogP contribution in [0.5, 0.6) is 0 Å². The fourth-order valence-electron chi connectivity index (χ4n) is 1.52. The maximum absolute atomic E-state index is 5.63. The summed E-state index contributed by atoms with van der Waals surface area (Å²) in [7, 11) is 0. The molecular formula is C8H12N2OS. The zero-order valence-electron chi connectivity index (χ0n) is 6.77. The minimum Gasteiger partial charge on any atom is -0.371 e. The molecule has 1 fully saturated rings. The van der Waals surface area contributed by atoms with Crippen molar-refractivity contribution >= 4 is 11.3 Å². The van der Waals surface area contributed by atoms with Gasteiger partial charge in [0.25, 0.3) is 0 Å². The van der Waals surface area contributed by atoms with Gasteiger partial charge in [-0.15, -0.1) is 11.3 Å². The van der Waals surface area contributed by atoms with E-state index in [0.29, 0.717) is 12.5 Å². The molecule has 0 spiro atoms. The van der Waals surface area contributed by atoms with Crippen LogP contribution >= 0.6 is 11.3 Å². The first-order valence-corrected chi connectivity index (χ1v) is 5.01. The zero-order chi connectivity index (χ0) is 8.39. The predicted molar refractivity (Wildman–Crippen MR) is 48.0 cm³/mol. The molecule has 1 aromatic heterocycles. The molecule has 0 aliphatic carbocycles. The van der Waals surface area contributed by atoms with E-state index in [-0.39, 0.29) is 6.10 Å². The van der Waals surface area contributed by atoms with Gasteiger partial charge in [0.05, 0.1) is 0 Å². The van der Waals surface area contributed by atoms with E-state index in [9.17, 15) is 0 Å².